The summed E-state index contributed by atoms with van der Waals surface area (Å²) in [4.78, 5) is 62.2. The SMILES string of the molecule is CCO/N=C(\C(=O)N[C@@H]1C(=O)N2C(C(=O)O)=C(C=CCN3C=CC(=C4C=C(C(=O)NC#N)N=N4)C=C3)CS[C@H]12)c1csc(N)n1. The Labute approximate surface area is 263 Å². The molecule has 0 bridgehead atoms. The number of anilines is 1. The van der Waals surface area contributed by atoms with Crippen LogP contribution in [0, 0.1) is 11.5 Å². The minimum Gasteiger partial charge on any atom is -0.477 e. The summed E-state index contributed by atoms with van der Waals surface area (Å²) in [5, 5.41) is 35.9. The number of rotatable bonds is 10. The van der Waals surface area contributed by atoms with Gasteiger partial charge in [0.2, 0.25) is 0 Å². The van der Waals surface area contributed by atoms with Crippen LogP contribution in [0.3, 0.4) is 0 Å². The van der Waals surface area contributed by atoms with Crippen molar-refractivity contribution in [1.82, 2.24) is 25.4 Å². The molecule has 1 aromatic heterocycles. The first-order valence-corrected chi connectivity index (χ1v) is 15.1. The van der Waals surface area contributed by atoms with Crippen LogP contribution in [0.15, 0.2) is 91.8 Å². The van der Waals surface area contributed by atoms with Crippen LogP contribution in [0.4, 0.5) is 5.13 Å². The van der Waals surface area contributed by atoms with Crippen LogP contribution in [0.5, 0.6) is 0 Å². The van der Waals surface area contributed by atoms with Gasteiger partial charge in [-0.2, -0.15) is 5.26 Å². The number of aliphatic carboxylic acids is 1. The fourth-order valence-electron chi connectivity index (χ4n) is 4.44. The first-order chi connectivity index (χ1) is 21.7. The van der Waals surface area contributed by atoms with Gasteiger partial charge in [-0.15, -0.1) is 33.3 Å². The van der Waals surface area contributed by atoms with Crippen molar-refractivity contribution in [2.24, 2.45) is 15.4 Å². The normalized spacial score (nSPS) is 20.7. The van der Waals surface area contributed by atoms with Crippen LogP contribution in [0.1, 0.15) is 12.6 Å². The van der Waals surface area contributed by atoms with Crippen LogP contribution in [0.2, 0.25) is 0 Å². The molecule has 0 spiro atoms. The number of allylic oxidation sites excluding steroid dienone is 5. The number of azo groups is 1. The number of aromatic nitrogens is 1. The van der Waals surface area contributed by atoms with Gasteiger partial charge in [-0.05, 0) is 30.7 Å². The van der Waals surface area contributed by atoms with E-state index in [9.17, 15) is 24.3 Å². The molecule has 1 saturated heterocycles. The topological polar surface area (TPSA) is 228 Å². The van der Waals surface area contributed by atoms with Crippen molar-refractivity contribution in [2.75, 3.05) is 24.6 Å². The highest BCUT2D eigenvalue weighted by atomic mass is 32.2. The molecule has 0 radical (unpaired) electrons. The van der Waals surface area contributed by atoms with Gasteiger partial charge in [0.25, 0.3) is 17.7 Å². The van der Waals surface area contributed by atoms with Crippen molar-refractivity contribution in [2.45, 2.75) is 18.3 Å². The molecule has 0 aromatic carbocycles. The average Bonchev–Trinajstić information content (AvgIpc) is 3.70. The van der Waals surface area contributed by atoms with Crippen LogP contribution in [-0.2, 0) is 24.0 Å². The van der Waals surface area contributed by atoms with Crippen LogP contribution < -0.4 is 16.4 Å². The van der Waals surface area contributed by atoms with Gasteiger partial charge in [0.1, 0.15) is 29.4 Å². The number of carboxylic acids is 1. The number of amides is 3. The Bertz CT molecular complexity index is 1730. The summed E-state index contributed by atoms with van der Waals surface area (Å²) in [6.45, 7) is 2.29. The largest absolute Gasteiger partial charge is 0.477 e. The molecule has 0 aliphatic carbocycles. The minimum atomic E-state index is -1.26. The number of nitrogens with two attached hydrogens (primary N) is 1. The van der Waals surface area contributed by atoms with Gasteiger partial charge in [0.15, 0.2) is 22.7 Å². The van der Waals surface area contributed by atoms with Gasteiger partial charge in [-0.3, -0.25) is 24.6 Å². The van der Waals surface area contributed by atoms with Gasteiger partial charge in [-0.1, -0.05) is 17.3 Å². The molecule has 5 N–H and O–H groups in total. The second-order valence-electron chi connectivity index (χ2n) is 9.34. The summed E-state index contributed by atoms with van der Waals surface area (Å²) in [5.74, 6) is -2.87. The average molecular weight is 649 g/mol. The Kier molecular flexibility index (Phi) is 9.20. The molecule has 45 heavy (non-hydrogen) atoms. The van der Waals surface area contributed by atoms with Gasteiger partial charge >= 0.3 is 5.97 Å². The first-order valence-electron chi connectivity index (χ1n) is 13.2. The summed E-state index contributed by atoms with van der Waals surface area (Å²) in [7, 11) is 0. The number of nitrogen functional groups attached to an aromatic ring is 1. The lowest BCUT2D eigenvalue weighted by Crippen LogP contribution is -2.71. The van der Waals surface area contributed by atoms with E-state index >= 15 is 0 Å². The van der Waals surface area contributed by atoms with Crippen LogP contribution in [-0.4, -0.2) is 79.6 Å². The number of β-lactam (4-membered cyclic amide) rings is 1. The smallest absolute Gasteiger partial charge is 0.352 e. The first kappa shape index (κ1) is 30.9. The number of nitrogens with one attached hydrogen (secondary N) is 2. The van der Waals surface area contributed by atoms with E-state index in [1.165, 1.54) is 22.7 Å². The summed E-state index contributed by atoms with van der Waals surface area (Å²) < 4.78 is 0. The van der Waals surface area contributed by atoms with Gasteiger partial charge < -0.3 is 25.9 Å². The lowest BCUT2D eigenvalue weighted by Gasteiger charge is -2.49. The molecule has 230 valence electrons. The van der Waals surface area contributed by atoms with Gasteiger partial charge in [-0.25, -0.2) is 9.78 Å². The molecular formula is C27H24N10O6S2. The second kappa shape index (κ2) is 13.4. The maximum absolute atomic E-state index is 13.1. The molecule has 4 aliphatic rings. The Hall–Kier alpha value is -5.54. The monoisotopic (exact) mass is 648 g/mol. The maximum atomic E-state index is 13.1. The molecule has 5 rings (SSSR count). The summed E-state index contributed by atoms with van der Waals surface area (Å²) >= 11 is 2.44. The number of carbonyl (C=O) groups is 4. The fourth-order valence-corrected chi connectivity index (χ4v) is 6.31. The highest BCUT2D eigenvalue weighted by Gasteiger charge is 2.54. The molecule has 0 unspecified atom stereocenters. The van der Waals surface area contributed by atoms with E-state index in [2.05, 4.69) is 25.7 Å². The summed E-state index contributed by atoms with van der Waals surface area (Å²) in [6.07, 6.45) is 13.5. The number of hydrogen-bond acceptors (Lipinski definition) is 14. The van der Waals surface area contributed by atoms with Gasteiger partial charge in [0.05, 0.1) is 5.70 Å². The number of carbonyl (C=O) groups excluding carboxylic acids is 3. The molecule has 3 amide bonds. The number of nitrogens with zero attached hydrogens (tertiary/aromatic N) is 7. The molecule has 0 saturated carbocycles. The van der Waals surface area contributed by atoms with Crippen LogP contribution >= 0.6 is 23.1 Å². The summed E-state index contributed by atoms with van der Waals surface area (Å²) in [6, 6.07) is -0.969. The van der Waals surface area contributed by atoms with Gasteiger partial charge in [0, 0.05) is 35.7 Å². The van der Waals surface area contributed by atoms with E-state index in [4.69, 9.17) is 15.8 Å². The second-order valence-corrected chi connectivity index (χ2v) is 11.3. The van der Waals surface area contributed by atoms with Crippen molar-refractivity contribution in [3.05, 3.63) is 82.1 Å². The number of carboxylic acid groups (broad SMARTS) is 1. The van der Waals surface area contributed by atoms with E-state index in [1.807, 2.05) is 10.2 Å². The Morgan fingerprint density at radius 2 is 2.09 bits per heavy atom. The van der Waals surface area contributed by atoms with Crippen LogP contribution in [0.25, 0.3) is 0 Å². The molecule has 1 aromatic rings. The van der Waals surface area contributed by atoms with Crippen molar-refractivity contribution < 1.29 is 29.1 Å². The maximum Gasteiger partial charge on any atom is 0.352 e. The molecule has 16 nitrogen and oxygen atoms in total. The Balaban J connectivity index is 1.23. The standard InChI is InChI=1S/C27H24N10O6S2/c1-2-43-35-19(18-12-45-27(29)31-18)23(39)32-20-24(40)37-21(26(41)42)15(11-44-25(20)37)4-3-7-36-8-5-14(6-9-36)16-10-17(34-33-16)22(38)30-13-28/h3-6,8-10,12,20,25H,2,7,11H2,1H3,(H2,29,31)(H,30,38)(H,32,39)(H,41,42)/b4-3?,35-19-/t20-,25-/m1/s1. The lowest BCUT2D eigenvalue weighted by atomic mass is 10.0. The van der Waals surface area contributed by atoms with Crippen molar-refractivity contribution in [3.8, 4) is 6.19 Å². The van der Waals surface area contributed by atoms with E-state index in [1.54, 1.807) is 55.2 Å². The molecule has 1 fully saturated rings. The number of fused-ring (bicyclic) bond motifs is 1. The number of nitriles is 1. The Morgan fingerprint density at radius 3 is 2.76 bits per heavy atom. The van der Waals surface area contributed by atoms with Crippen molar-refractivity contribution in [3.63, 3.8) is 0 Å². The molecule has 4 aliphatic heterocycles. The third-order valence-electron chi connectivity index (χ3n) is 6.51. The third kappa shape index (κ3) is 6.53. The molecule has 5 heterocycles. The van der Waals surface area contributed by atoms with Crippen molar-refractivity contribution >= 4 is 57.6 Å². The number of thiazole rings is 1. The van der Waals surface area contributed by atoms with E-state index in [0.717, 1.165) is 11.3 Å². The third-order valence-corrected chi connectivity index (χ3v) is 8.49. The zero-order chi connectivity index (χ0) is 32.1. The fraction of sp³-hybridized carbons (Fsp3) is 0.222. The highest BCUT2D eigenvalue weighted by Crippen LogP contribution is 2.40. The van der Waals surface area contributed by atoms with E-state index in [-0.39, 0.29) is 34.5 Å². The highest BCUT2D eigenvalue weighted by molar-refractivity contribution is 8.00. The van der Waals surface area contributed by atoms with E-state index in [0.29, 0.717) is 29.1 Å². The number of thioether (sulfide) groups is 1. The predicted octanol–water partition coefficient (Wildman–Crippen LogP) is 1.30. The minimum absolute atomic E-state index is 0.0251. The predicted molar refractivity (Wildman–Crippen MR) is 162 cm³/mol. The Morgan fingerprint density at radius 1 is 1.31 bits per heavy atom. The number of hydrogen-bond donors (Lipinski definition) is 4. The van der Waals surface area contributed by atoms with Crippen molar-refractivity contribution in [1.29, 1.82) is 5.26 Å². The number of oxime groups is 1. The molecule has 2 atom stereocenters. The zero-order valence-corrected chi connectivity index (χ0v) is 25.0. The lowest BCUT2D eigenvalue weighted by molar-refractivity contribution is -0.150. The summed E-state index contributed by atoms with van der Waals surface area (Å²) in [5.41, 5.74) is 7.24. The molecular weight excluding hydrogens is 624 g/mol. The quantitative estimate of drug-likeness (QED) is 0.0929. The molecule has 18 heteroatoms. The zero-order valence-electron chi connectivity index (χ0n) is 23.4. The van der Waals surface area contributed by atoms with E-state index < -0.39 is 35.1 Å².